The van der Waals surface area contributed by atoms with Crippen LogP contribution in [0.2, 0.25) is 0 Å². The summed E-state index contributed by atoms with van der Waals surface area (Å²) in [5.41, 5.74) is 2.40. The summed E-state index contributed by atoms with van der Waals surface area (Å²) in [5.74, 6) is 1.60. The van der Waals surface area contributed by atoms with Gasteiger partial charge in [-0.3, -0.25) is 0 Å². The molecule has 1 heteroatoms. The zero-order valence-corrected chi connectivity index (χ0v) is 10.4. The SMILES string of the molecule is CC(C)c1ccc(C2CCCCC2)c(O)c1. The molecule has 1 N–H and O–H groups in total. The molecule has 0 unspecified atom stereocenters. The largest absolute Gasteiger partial charge is 0.508 e. The Bertz CT molecular complexity index is 348. The van der Waals surface area contributed by atoms with Gasteiger partial charge in [0.25, 0.3) is 0 Å². The van der Waals surface area contributed by atoms with Crippen molar-refractivity contribution in [2.24, 2.45) is 0 Å². The van der Waals surface area contributed by atoms with Crippen LogP contribution in [0.3, 0.4) is 0 Å². The molecule has 88 valence electrons. The van der Waals surface area contributed by atoms with Gasteiger partial charge in [-0.15, -0.1) is 0 Å². The van der Waals surface area contributed by atoms with Gasteiger partial charge in [0.15, 0.2) is 0 Å². The second kappa shape index (κ2) is 4.90. The Balaban J connectivity index is 2.21. The normalized spacial score (nSPS) is 17.9. The fraction of sp³-hybridized carbons (Fsp3) is 0.600. The van der Waals surface area contributed by atoms with Crippen LogP contribution < -0.4 is 0 Å². The monoisotopic (exact) mass is 218 g/mol. The van der Waals surface area contributed by atoms with Crippen LogP contribution in [-0.4, -0.2) is 5.11 Å². The zero-order chi connectivity index (χ0) is 11.5. The summed E-state index contributed by atoms with van der Waals surface area (Å²) in [7, 11) is 0. The number of rotatable bonds is 2. The zero-order valence-electron chi connectivity index (χ0n) is 10.4. The third-order valence-corrected chi connectivity index (χ3v) is 3.77. The van der Waals surface area contributed by atoms with E-state index in [0.29, 0.717) is 17.6 Å². The van der Waals surface area contributed by atoms with Crippen LogP contribution in [0.25, 0.3) is 0 Å². The lowest BCUT2D eigenvalue weighted by atomic mass is 9.83. The molecule has 0 bridgehead atoms. The highest BCUT2D eigenvalue weighted by atomic mass is 16.3. The number of phenolic OH excluding ortho intramolecular Hbond substituents is 1. The predicted octanol–water partition coefficient (Wildman–Crippen LogP) is 4.56. The maximum atomic E-state index is 10.1. The first kappa shape index (κ1) is 11.5. The van der Waals surface area contributed by atoms with Gasteiger partial charge in [-0.2, -0.15) is 0 Å². The van der Waals surface area contributed by atoms with Gasteiger partial charge in [-0.05, 0) is 41.9 Å². The van der Waals surface area contributed by atoms with Crippen molar-refractivity contribution in [2.75, 3.05) is 0 Å². The highest BCUT2D eigenvalue weighted by Crippen LogP contribution is 2.37. The molecule has 1 nitrogen and oxygen atoms in total. The Kier molecular flexibility index (Phi) is 3.52. The molecule has 0 radical (unpaired) electrons. The number of hydrogen-bond donors (Lipinski definition) is 1. The molecule has 2 rings (SSSR count). The van der Waals surface area contributed by atoms with Crippen molar-refractivity contribution in [1.29, 1.82) is 0 Å². The van der Waals surface area contributed by atoms with E-state index in [1.165, 1.54) is 43.2 Å². The van der Waals surface area contributed by atoms with Crippen LogP contribution in [0, 0.1) is 0 Å². The molecule has 1 aromatic carbocycles. The maximum absolute atomic E-state index is 10.1. The molecular formula is C15H22O. The molecule has 0 amide bonds. The molecular weight excluding hydrogens is 196 g/mol. The minimum absolute atomic E-state index is 0.492. The first-order chi connectivity index (χ1) is 7.68. The average molecular weight is 218 g/mol. The molecule has 1 fully saturated rings. The van der Waals surface area contributed by atoms with E-state index in [2.05, 4.69) is 26.0 Å². The van der Waals surface area contributed by atoms with E-state index in [-0.39, 0.29) is 0 Å². The van der Waals surface area contributed by atoms with Crippen molar-refractivity contribution in [3.05, 3.63) is 29.3 Å². The smallest absolute Gasteiger partial charge is 0.119 e. The molecule has 0 heterocycles. The lowest BCUT2D eigenvalue weighted by molar-refractivity contribution is 0.414. The molecule has 1 saturated carbocycles. The Labute approximate surface area is 98.5 Å². The lowest BCUT2D eigenvalue weighted by Gasteiger charge is -2.23. The van der Waals surface area contributed by atoms with Gasteiger partial charge in [0.1, 0.15) is 5.75 Å². The summed E-state index contributed by atoms with van der Waals surface area (Å²) in [6, 6.07) is 6.27. The van der Waals surface area contributed by atoms with Gasteiger partial charge >= 0.3 is 0 Å². The number of phenols is 1. The fourth-order valence-electron chi connectivity index (χ4n) is 2.68. The van der Waals surface area contributed by atoms with Crippen molar-refractivity contribution in [1.82, 2.24) is 0 Å². The molecule has 0 spiro atoms. The van der Waals surface area contributed by atoms with Crippen molar-refractivity contribution in [3.63, 3.8) is 0 Å². The minimum Gasteiger partial charge on any atom is -0.508 e. The first-order valence-corrected chi connectivity index (χ1v) is 6.51. The summed E-state index contributed by atoms with van der Waals surface area (Å²) in [5, 5.41) is 10.1. The standard InChI is InChI=1S/C15H22O/c1-11(2)13-8-9-14(15(16)10-13)12-6-4-3-5-7-12/h8-12,16H,3-7H2,1-2H3. The van der Waals surface area contributed by atoms with Gasteiger partial charge in [0.05, 0.1) is 0 Å². The molecule has 0 saturated heterocycles. The van der Waals surface area contributed by atoms with Gasteiger partial charge < -0.3 is 5.11 Å². The molecule has 1 aliphatic carbocycles. The van der Waals surface area contributed by atoms with E-state index in [9.17, 15) is 5.11 Å². The number of benzene rings is 1. The maximum Gasteiger partial charge on any atom is 0.119 e. The van der Waals surface area contributed by atoms with Crippen molar-refractivity contribution in [3.8, 4) is 5.75 Å². The third-order valence-electron chi connectivity index (χ3n) is 3.77. The quantitative estimate of drug-likeness (QED) is 0.771. The van der Waals surface area contributed by atoms with Crippen LogP contribution in [0.4, 0.5) is 0 Å². The summed E-state index contributed by atoms with van der Waals surface area (Å²) in [4.78, 5) is 0. The van der Waals surface area contributed by atoms with Gasteiger partial charge in [0.2, 0.25) is 0 Å². The van der Waals surface area contributed by atoms with Crippen LogP contribution in [0.1, 0.15) is 68.9 Å². The highest BCUT2D eigenvalue weighted by molar-refractivity contribution is 5.40. The second-order valence-electron chi connectivity index (χ2n) is 5.31. The average Bonchev–Trinajstić information content (AvgIpc) is 2.30. The third kappa shape index (κ3) is 2.40. The number of hydrogen-bond acceptors (Lipinski definition) is 1. The molecule has 1 aromatic rings. The Morgan fingerprint density at radius 1 is 1.12 bits per heavy atom. The Hall–Kier alpha value is -0.980. The van der Waals surface area contributed by atoms with Crippen LogP contribution >= 0.6 is 0 Å². The van der Waals surface area contributed by atoms with Crippen LogP contribution in [0.15, 0.2) is 18.2 Å². The summed E-state index contributed by atoms with van der Waals surface area (Å²) >= 11 is 0. The van der Waals surface area contributed by atoms with E-state index in [0.717, 1.165) is 0 Å². The molecule has 1 aliphatic rings. The second-order valence-corrected chi connectivity index (χ2v) is 5.31. The first-order valence-electron chi connectivity index (χ1n) is 6.51. The van der Waals surface area contributed by atoms with Crippen LogP contribution in [0.5, 0.6) is 5.75 Å². The molecule has 0 aromatic heterocycles. The van der Waals surface area contributed by atoms with E-state index in [1.807, 2.05) is 6.07 Å². The molecule has 16 heavy (non-hydrogen) atoms. The molecule has 0 aliphatic heterocycles. The summed E-state index contributed by atoms with van der Waals surface area (Å²) < 4.78 is 0. The predicted molar refractivity (Wildman–Crippen MR) is 68.0 cm³/mol. The van der Waals surface area contributed by atoms with Gasteiger partial charge in [-0.1, -0.05) is 45.2 Å². The highest BCUT2D eigenvalue weighted by Gasteiger charge is 2.18. The van der Waals surface area contributed by atoms with Gasteiger partial charge in [-0.25, -0.2) is 0 Å². The van der Waals surface area contributed by atoms with Gasteiger partial charge in [0, 0.05) is 0 Å². The Morgan fingerprint density at radius 2 is 1.81 bits per heavy atom. The van der Waals surface area contributed by atoms with E-state index in [1.54, 1.807) is 0 Å². The van der Waals surface area contributed by atoms with E-state index >= 15 is 0 Å². The lowest BCUT2D eigenvalue weighted by Crippen LogP contribution is -2.05. The van der Waals surface area contributed by atoms with Crippen molar-refractivity contribution >= 4 is 0 Å². The number of aromatic hydroxyl groups is 1. The summed E-state index contributed by atoms with van der Waals surface area (Å²) in [6.07, 6.45) is 6.48. The van der Waals surface area contributed by atoms with E-state index in [4.69, 9.17) is 0 Å². The Morgan fingerprint density at radius 3 is 2.38 bits per heavy atom. The summed E-state index contributed by atoms with van der Waals surface area (Å²) in [6.45, 7) is 4.32. The molecule has 0 atom stereocenters. The van der Waals surface area contributed by atoms with Crippen molar-refractivity contribution < 1.29 is 5.11 Å². The minimum atomic E-state index is 0.492. The van der Waals surface area contributed by atoms with Crippen molar-refractivity contribution in [2.45, 2.75) is 57.8 Å². The topological polar surface area (TPSA) is 20.2 Å². The van der Waals surface area contributed by atoms with E-state index < -0.39 is 0 Å². The fourth-order valence-corrected chi connectivity index (χ4v) is 2.68. The van der Waals surface area contributed by atoms with Crippen LogP contribution in [-0.2, 0) is 0 Å².